The van der Waals surface area contributed by atoms with Gasteiger partial charge in [0.15, 0.2) is 11.4 Å². The minimum atomic E-state index is -1.89. The summed E-state index contributed by atoms with van der Waals surface area (Å²) in [6.07, 6.45) is -0.333. The van der Waals surface area contributed by atoms with Crippen LogP contribution in [0.3, 0.4) is 0 Å². The molecule has 1 amide bonds. The molecule has 118 valence electrons. The van der Waals surface area contributed by atoms with Gasteiger partial charge in [-0.2, -0.15) is 0 Å². The Labute approximate surface area is 141 Å². The van der Waals surface area contributed by atoms with Crippen molar-refractivity contribution < 1.29 is 19.4 Å². The lowest BCUT2D eigenvalue weighted by atomic mass is 9.88. The number of anilines is 1. The van der Waals surface area contributed by atoms with Gasteiger partial charge in [0.2, 0.25) is 0 Å². The molecule has 0 aliphatic carbocycles. The van der Waals surface area contributed by atoms with Gasteiger partial charge in [0.25, 0.3) is 5.91 Å². The zero-order valence-electron chi connectivity index (χ0n) is 12.3. The lowest BCUT2D eigenvalue weighted by Gasteiger charge is -2.20. The van der Waals surface area contributed by atoms with E-state index >= 15 is 0 Å². The van der Waals surface area contributed by atoms with Crippen LogP contribution in [0.5, 0.6) is 5.75 Å². The van der Waals surface area contributed by atoms with Gasteiger partial charge in [-0.1, -0.05) is 28.1 Å². The van der Waals surface area contributed by atoms with Crippen LogP contribution in [-0.2, 0) is 10.4 Å². The van der Waals surface area contributed by atoms with Crippen LogP contribution in [0, 0.1) is 0 Å². The fourth-order valence-corrected chi connectivity index (χ4v) is 2.86. The topological polar surface area (TPSA) is 75.6 Å². The number of hydrogen-bond donors (Lipinski definition) is 2. The van der Waals surface area contributed by atoms with Gasteiger partial charge in [0.05, 0.1) is 13.5 Å². The third kappa shape index (κ3) is 2.75. The van der Waals surface area contributed by atoms with E-state index in [0.717, 1.165) is 4.47 Å². The SMILES string of the molecule is COc1ccc2c(c1)[C@](O)(CC(=O)c1ccc(Br)cc1)C(=O)N2. The smallest absolute Gasteiger partial charge is 0.261 e. The molecule has 0 fully saturated rings. The van der Waals surface area contributed by atoms with Crippen molar-refractivity contribution in [1.29, 1.82) is 0 Å². The minimum absolute atomic E-state index is 0.314. The minimum Gasteiger partial charge on any atom is -0.497 e. The number of benzene rings is 2. The van der Waals surface area contributed by atoms with Crippen molar-refractivity contribution in [3.05, 3.63) is 58.1 Å². The summed E-state index contributed by atoms with van der Waals surface area (Å²) in [6.45, 7) is 0. The highest BCUT2D eigenvalue weighted by Crippen LogP contribution is 2.40. The van der Waals surface area contributed by atoms with Crippen LogP contribution in [0.2, 0.25) is 0 Å². The second kappa shape index (κ2) is 5.79. The van der Waals surface area contributed by atoms with Crippen LogP contribution >= 0.6 is 15.9 Å². The van der Waals surface area contributed by atoms with Crippen molar-refractivity contribution in [2.24, 2.45) is 0 Å². The van der Waals surface area contributed by atoms with Crippen LogP contribution in [0.15, 0.2) is 46.9 Å². The molecule has 0 saturated heterocycles. The summed E-state index contributed by atoms with van der Waals surface area (Å²) in [4.78, 5) is 24.7. The number of aliphatic hydroxyl groups is 1. The van der Waals surface area contributed by atoms with Crippen LogP contribution < -0.4 is 10.1 Å². The molecule has 6 heteroatoms. The maximum Gasteiger partial charge on any atom is 0.261 e. The number of hydrogen-bond acceptors (Lipinski definition) is 4. The standard InChI is InChI=1S/C17H14BrNO4/c1-23-12-6-7-14-13(8-12)17(22,16(21)19-14)9-15(20)10-2-4-11(18)5-3-10/h2-8,22H,9H2,1H3,(H,19,21)/t17-/m1/s1. The Morgan fingerprint density at radius 2 is 1.96 bits per heavy atom. The Morgan fingerprint density at radius 3 is 2.61 bits per heavy atom. The van der Waals surface area contributed by atoms with Gasteiger partial charge in [0, 0.05) is 21.3 Å². The Balaban J connectivity index is 1.94. The Bertz CT molecular complexity index is 788. The van der Waals surface area contributed by atoms with Crippen molar-refractivity contribution in [1.82, 2.24) is 0 Å². The van der Waals surface area contributed by atoms with E-state index in [1.54, 1.807) is 42.5 Å². The number of ketones is 1. The molecule has 0 bridgehead atoms. The molecule has 0 spiro atoms. The fraction of sp³-hybridized carbons (Fsp3) is 0.176. The van der Waals surface area contributed by atoms with Crippen LogP contribution in [-0.4, -0.2) is 23.9 Å². The molecule has 2 aromatic rings. The van der Waals surface area contributed by atoms with E-state index < -0.39 is 11.5 Å². The number of ether oxygens (including phenoxy) is 1. The second-order valence-corrected chi connectivity index (χ2v) is 6.25. The number of fused-ring (bicyclic) bond motifs is 1. The van der Waals surface area contributed by atoms with Gasteiger partial charge >= 0.3 is 0 Å². The van der Waals surface area contributed by atoms with Crippen LogP contribution in [0.25, 0.3) is 0 Å². The summed E-state index contributed by atoms with van der Waals surface area (Å²) in [5.74, 6) is -0.410. The average Bonchev–Trinajstić information content (AvgIpc) is 2.78. The first-order chi connectivity index (χ1) is 10.9. The van der Waals surface area contributed by atoms with E-state index in [0.29, 0.717) is 22.6 Å². The van der Waals surface area contributed by atoms with Crippen molar-refractivity contribution in [3.8, 4) is 5.75 Å². The third-order valence-electron chi connectivity index (χ3n) is 3.88. The van der Waals surface area contributed by atoms with E-state index in [9.17, 15) is 14.7 Å². The lowest BCUT2D eigenvalue weighted by molar-refractivity contribution is -0.133. The van der Waals surface area contributed by atoms with Crippen LogP contribution in [0.1, 0.15) is 22.3 Å². The predicted molar refractivity (Wildman–Crippen MR) is 88.6 cm³/mol. The molecule has 1 atom stereocenters. The largest absolute Gasteiger partial charge is 0.497 e. The van der Waals surface area contributed by atoms with Crippen molar-refractivity contribution in [2.75, 3.05) is 12.4 Å². The number of methoxy groups -OCH3 is 1. The van der Waals surface area contributed by atoms with Gasteiger partial charge in [-0.05, 0) is 30.3 Å². The summed E-state index contributed by atoms with van der Waals surface area (Å²) < 4.78 is 5.98. The van der Waals surface area contributed by atoms with E-state index in [1.807, 2.05) is 0 Å². The fourth-order valence-electron chi connectivity index (χ4n) is 2.60. The highest BCUT2D eigenvalue weighted by molar-refractivity contribution is 9.10. The van der Waals surface area contributed by atoms with E-state index in [2.05, 4.69) is 21.2 Å². The molecule has 1 aliphatic heterocycles. The van der Waals surface area contributed by atoms with Gasteiger partial charge < -0.3 is 15.2 Å². The summed E-state index contributed by atoms with van der Waals surface area (Å²) in [5.41, 5.74) is -0.617. The number of nitrogens with one attached hydrogen (secondary N) is 1. The number of halogens is 1. The summed E-state index contributed by atoms with van der Waals surface area (Å²) in [5, 5.41) is 13.4. The molecule has 3 rings (SSSR count). The highest BCUT2D eigenvalue weighted by Gasteiger charge is 2.47. The zero-order chi connectivity index (χ0) is 16.6. The van der Waals surface area contributed by atoms with E-state index in [-0.39, 0.29) is 12.2 Å². The second-order valence-electron chi connectivity index (χ2n) is 5.33. The van der Waals surface area contributed by atoms with Crippen LogP contribution in [0.4, 0.5) is 5.69 Å². The molecule has 2 aromatic carbocycles. The number of rotatable bonds is 4. The summed E-state index contributed by atoms with van der Waals surface area (Å²) in [6, 6.07) is 11.7. The Hall–Kier alpha value is -2.18. The molecule has 1 heterocycles. The van der Waals surface area contributed by atoms with Crippen molar-refractivity contribution >= 4 is 33.3 Å². The average molecular weight is 376 g/mol. The zero-order valence-corrected chi connectivity index (χ0v) is 13.9. The molecule has 0 saturated carbocycles. The Kier molecular flexibility index (Phi) is 3.95. The predicted octanol–water partition coefficient (Wildman–Crippen LogP) is 2.87. The van der Waals surface area contributed by atoms with Gasteiger partial charge in [-0.25, -0.2) is 0 Å². The first kappa shape index (κ1) is 15.7. The van der Waals surface area contributed by atoms with Crippen molar-refractivity contribution in [3.63, 3.8) is 0 Å². The number of amides is 1. The van der Waals surface area contributed by atoms with Crippen molar-refractivity contribution in [2.45, 2.75) is 12.0 Å². The molecule has 23 heavy (non-hydrogen) atoms. The third-order valence-corrected chi connectivity index (χ3v) is 4.41. The molecule has 1 aliphatic rings. The summed E-state index contributed by atoms with van der Waals surface area (Å²) in [7, 11) is 1.50. The highest BCUT2D eigenvalue weighted by atomic mass is 79.9. The maximum atomic E-state index is 12.4. The maximum absolute atomic E-state index is 12.4. The molecular weight excluding hydrogens is 362 g/mol. The van der Waals surface area contributed by atoms with Gasteiger partial charge in [-0.15, -0.1) is 0 Å². The number of carbonyl (C=O) groups is 2. The van der Waals surface area contributed by atoms with Gasteiger partial charge in [0.1, 0.15) is 5.75 Å². The van der Waals surface area contributed by atoms with Gasteiger partial charge in [-0.3, -0.25) is 9.59 Å². The molecule has 0 radical (unpaired) electrons. The Morgan fingerprint density at radius 1 is 1.26 bits per heavy atom. The number of carbonyl (C=O) groups excluding carboxylic acids is 2. The lowest BCUT2D eigenvalue weighted by Crippen LogP contribution is -2.36. The number of Topliss-reactive ketones (excluding diaryl/α,β-unsaturated/α-hetero) is 1. The molecule has 0 unspecified atom stereocenters. The van der Waals surface area contributed by atoms with E-state index in [1.165, 1.54) is 7.11 Å². The molecule has 0 aromatic heterocycles. The first-order valence-corrected chi connectivity index (χ1v) is 7.74. The molecular formula is C17H14BrNO4. The first-order valence-electron chi connectivity index (χ1n) is 6.95. The quantitative estimate of drug-likeness (QED) is 0.805. The molecule has 5 nitrogen and oxygen atoms in total. The monoisotopic (exact) mass is 375 g/mol. The summed E-state index contributed by atoms with van der Waals surface area (Å²) >= 11 is 3.30. The molecule has 2 N–H and O–H groups in total. The normalized spacial score (nSPS) is 19.2. The van der Waals surface area contributed by atoms with E-state index in [4.69, 9.17) is 4.74 Å².